The summed E-state index contributed by atoms with van der Waals surface area (Å²) in [5, 5.41) is 14.8. The fraction of sp³-hybridized carbons (Fsp3) is 0.385. The fourth-order valence-corrected chi connectivity index (χ4v) is 4.17. The number of carbonyl (C=O) groups is 3. The molecule has 2 aromatic carbocycles. The van der Waals surface area contributed by atoms with Crippen LogP contribution in [0.25, 0.3) is 0 Å². The van der Waals surface area contributed by atoms with E-state index in [1.165, 1.54) is 12.1 Å². The monoisotopic (exact) mass is 512 g/mol. The van der Waals surface area contributed by atoms with Crippen molar-refractivity contribution in [3.8, 4) is 11.8 Å². The largest absolute Gasteiger partial charge is 0.478 e. The van der Waals surface area contributed by atoms with Crippen molar-refractivity contribution in [2.24, 2.45) is 5.92 Å². The van der Waals surface area contributed by atoms with Crippen molar-refractivity contribution in [2.75, 3.05) is 35.8 Å². The van der Waals surface area contributed by atoms with Crippen LogP contribution in [0.5, 0.6) is 5.75 Å². The standard InChI is InChI=1S/C26H29ClN4O5/c1-4-31-21-8-7-19(14-23(21)36-22(26(31)34)9-10-35-3)30-25(33)12-16(2)11-24(32)29-18-6-5-17(15-28)20(27)13-18/h5-8,13-14,16,22H,4,9-12H2,1-3H3,(H,29,32)(H,30,33). The number of hydrogen-bond donors (Lipinski definition) is 2. The molecular weight excluding hydrogens is 484 g/mol. The van der Waals surface area contributed by atoms with Crippen LogP contribution in [0.1, 0.15) is 38.7 Å². The molecule has 2 aromatic rings. The third-order valence-electron chi connectivity index (χ3n) is 5.69. The first-order valence-corrected chi connectivity index (χ1v) is 12.0. The summed E-state index contributed by atoms with van der Waals surface area (Å²) in [6, 6.07) is 11.8. The third-order valence-corrected chi connectivity index (χ3v) is 6.00. The van der Waals surface area contributed by atoms with Gasteiger partial charge in [0.05, 0.1) is 22.9 Å². The second kappa shape index (κ2) is 12.4. The number of amides is 3. The van der Waals surface area contributed by atoms with Gasteiger partial charge in [0.1, 0.15) is 11.8 Å². The Bertz CT molecular complexity index is 1180. The molecule has 2 atom stereocenters. The first-order chi connectivity index (χ1) is 17.2. The minimum Gasteiger partial charge on any atom is -0.478 e. The van der Waals surface area contributed by atoms with Crippen LogP contribution in [-0.2, 0) is 19.1 Å². The Morgan fingerprint density at radius 2 is 1.81 bits per heavy atom. The van der Waals surface area contributed by atoms with E-state index in [1.807, 2.05) is 19.9 Å². The van der Waals surface area contributed by atoms with Gasteiger partial charge in [-0.2, -0.15) is 5.26 Å². The SMILES string of the molecule is CCN1C(=O)C(CCOC)Oc2cc(NC(=O)CC(C)CC(=O)Nc3ccc(C#N)c(Cl)c3)ccc21. The number of carbonyl (C=O) groups excluding carboxylic acids is 3. The highest BCUT2D eigenvalue weighted by atomic mass is 35.5. The summed E-state index contributed by atoms with van der Waals surface area (Å²) in [5.74, 6) is -0.325. The Morgan fingerprint density at radius 1 is 1.17 bits per heavy atom. The molecule has 1 aliphatic rings. The molecule has 0 radical (unpaired) electrons. The van der Waals surface area contributed by atoms with Crippen molar-refractivity contribution in [1.29, 1.82) is 5.26 Å². The van der Waals surface area contributed by atoms with Gasteiger partial charge in [-0.25, -0.2) is 0 Å². The number of fused-ring (bicyclic) bond motifs is 1. The van der Waals surface area contributed by atoms with E-state index in [2.05, 4.69) is 10.6 Å². The molecule has 0 saturated heterocycles. The van der Waals surface area contributed by atoms with Gasteiger partial charge in [-0.3, -0.25) is 14.4 Å². The Kier molecular flexibility index (Phi) is 9.28. The number of nitriles is 1. The van der Waals surface area contributed by atoms with Crippen molar-refractivity contribution in [1.82, 2.24) is 0 Å². The number of nitrogens with one attached hydrogen (secondary N) is 2. The number of nitrogens with zero attached hydrogens (tertiary/aromatic N) is 2. The van der Waals surface area contributed by atoms with Crippen LogP contribution in [0.4, 0.5) is 17.1 Å². The molecule has 36 heavy (non-hydrogen) atoms. The summed E-state index contributed by atoms with van der Waals surface area (Å²) in [6.07, 6.45) is 0.0477. The molecule has 10 heteroatoms. The summed E-state index contributed by atoms with van der Waals surface area (Å²) >= 11 is 6.00. The zero-order valence-electron chi connectivity index (χ0n) is 20.5. The zero-order chi connectivity index (χ0) is 26.2. The van der Waals surface area contributed by atoms with E-state index in [9.17, 15) is 14.4 Å². The average Bonchev–Trinajstić information content (AvgIpc) is 2.82. The summed E-state index contributed by atoms with van der Waals surface area (Å²) in [7, 11) is 1.57. The van der Waals surface area contributed by atoms with Gasteiger partial charge < -0.3 is 25.0 Å². The van der Waals surface area contributed by atoms with Gasteiger partial charge in [-0.15, -0.1) is 0 Å². The quantitative estimate of drug-likeness (QED) is 0.488. The highest BCUT2D eigenvalue weighted by molar-refractivity contribution is 6.32. The van der Waals surface area contributed by atoms with E-state index in [0.29, 0.717) is 47.9 Å². The van der Waals surface area contributed by atoms with Crippen LogP contribution >= 0.6 is 11.6 Å². The third kappa shape index (κ3) is 6.74. The average molecular weight is 513 g/mol. The molecule has 0 spiro atoms. The van der Waals surface area contributed by atoms with E-state index in [4.69, 9.17) is 26.3 Å². The predicted octanol–water partition coefficient (Wildman–Crippen LogP) is 4.36. The number of ether oxygens (including phenoxy) is 2. The molecule has 0 bridgehead atoms. The lowest BCUT2D eigenvalue weighted by Crippen LogP contribution is -2.46. The Labute approximate surface area is 215 Å². The molecule has 0 saturated carbocycles. The number of hydrogen-bond acceptors (Lipinski definition) is 6. The van der Waals surface area contributed by atoms with Gasteiger partial charge in [0.2, 0.25) is 11.8 Å². The molecule has 190 valence electrons. The number of halogens is 1. The molecule has 3 rings (SSSR count). The Balaban J connectivity index is 1.57. The molecule has 0 fully saturated rings. The molecule has 2 unspecified atom stereocenters. The van der Waals surface area contributed by atoms with Crippen LogP contribution in [0.3, 0.4) is 0 Å². The first kappa shape index (κ1) is 27.0. The lowest BCUT2D eigenvalue weighted by molar-refractivity contribution is -0.127. The lowest BCUT2D eigenvalue weighted by atomic mass is 10.0. The van der Waals surface area contributed by atoms with Crippen LogP contribution in [0, 0.1) is 17.2 Å². The van der Waals surface area contributed by atoms with Gasteiger partial charge in [0.25, 0.3) is 5.91 Å². The first-order valence-electron chi connectivity index (χ1n) is 11.7. The van der Waals surface area contributed by atoms with Gasteiger partial charge in [-0.05, 0) is 43.2 Å². The smallest absolute Gasteiger partial charge is 0.268 e. The normalized spacial score (nSPS) is 15.4. The molecule has 0 aromatic heterocycles. The van der Waals surface area contributed by atoms with Crippen molar-refractivity contribution in [2.45, 2.75) is 39.2 Å². The van der Waals surface area contributed by atoms with Crippen LogP contribution in [-0.4, -0.2) is 44.1 Å². The predicted molar refractivity (Wildman–Crippen MR) is 137 cm³/mol. The van der Waals surface area contributed by atoms with Gasteiger partial charge in [0.15, 0.2) is 6.10 Å². The zero-order valence-corrected chi connectivity index (χ0v) is 21.2. The molecule has 1 aliphatic heterocycles. The van der Waals surface area contributed by atoms with E-state index in [-0.39, 0.29) is 41.5 Å². The van der Waals surface area contributed by atoms with Crippen LogP contribution < -0.4 is 20.3 Å². The molecule has 9 nitrogen and oxygen atoms in total. The topological polar surface area (TPSA) is 121 Å². The van der Waals surface area contributed by atoms with Gasteiger partial charge in [-0.1, -0.05) is 18.5 Å². The van der Waals surface area contributed by atoms with E-state index in [1.54, 1.807) is 36.3 Å². The van der Waals surface area contributed by atoms with Crippen molar-refractivity contribution in [3.63, 3.8) is 0 Å². The molecule has 1 heterocycles. The summed E-state index contributed by atoms with van der Waals surface area (Å²) in [4.78, 5) is 39.3. The number of benzene rings is 2. The van der Waals surface area contributed by atoms with Crippen molar-refractivity contribution in [3.05, 3.63) is 47.0 Å². The highest BCUT2D eigenvalue weighted by Crippen LogP contribution is 2.37. The number of anilines is 3. The van der Waals surface area contributed by atoms with Crippen LogP contribution in [0.15, 0.2) is 36.4 Å². The second-order valence-electron chi connectivity index (χ2n) is 8.57. The molecule has 0 aliphatic carbocycles. The maximum Gasteiger partial charge on any atom is 0.268 e. The van der Waals surface area contributed by atoms with Crippen LogP contribution in [0.2, 0.25) is 5.02 Å². The Morgan fingerprint density at radius 3 is 2.39 bits per heavy atom. The lowest BCUT2D eigenvalue weighted by Gasteiger charge is -2.34. The summed E-state index contributed by atoms with van der Waals surface area (Å²) in [6.45, 7) is 4.59. The summed E-state index contributed by atoms with van der Waals surface area (Å²) in [5.41, 5.74) is 2.01. The van der Waals surface area contributed by atoms with E-state index in [0.717, 1.165) is 0 Å². The van der Waals surface area contributed by atoms with Gasteiger partial charge >= 0.3 is 0 Å². The number of rotatable bonds is 10. The minimum absolute atomic E-state index is 0.116. The van der Waals surface area contributed by atoms with E-state index < -0.39 is 6.10 Å². The second-order valence-corrected chi connectivity index (χ2v) is 8.98. The Hall–Kier alpha value is -3.61. The maximum absolute atomic E-state index is 12.7. The molecule has 3 amide bonds. The number of methoxy groups -OCH3 is 1. The molecule has 2 N–H and O–H groups in total. The fourth-order valence-electron chi connectivity index (χ4n) is 3.95. The van der Waals surface area contributed by atoms with Crippen molar-refractivity contribution < 1.29 is 23.9 Å². The van der Waals surface area contributed by atoms with Crippen molar-refractivity contribution >= 4 is 46.4 Å². The van der Waals surface area contributed by atoms with Gasteiger partial charge in [0, 0.05) is 50.4 Å². The molecular formula is C26H29ClN4O5. The van der Waals surface area contributed by atoms with E-state index >= 15 is 0 Å². The minimum atomic E-state index is -0.645. The maximum atomic E-state index is 12.7. The number of likely N-dealkylation sites (N-methyl/N-ethyl adjacent to an activating group) is 1. The summed E-state index contributed by atoms with van der Waals surface area (Å²) < 4.78 is 11.0. The highest BCUT2D eigenvalue weighted by Gasteiger charge is 2.33.